The number of hydrogen-bond acceptors (Lipinski definition) is 7. The predicted molar refractivity (Wildman–Crippen MR) is 159 cm³/mol. The van der Waals surface area contributed by atoms with E-state index >= 15 is 0 Å². The Morgan fingerprint density at radius 2 is 1.75 bits per heavy atom. The minimum Gasteiger partial charge on any atom is -0.465 e. The van der Waals surface area contributed by atoms with Gasteiger partial charge in [-0.3, -0.25) is 14.4 Å². The molecule has 5 aromatic rings. The van der Waals surface area contributed by atoms with Crippen LogP contribution in [0, 0.1) is 6.92 Å². The van der Waals surface area contributed by atoms with Crippen molar-refractivity contribution < 1.29 is 18.8 Å². The van der Waals surface area contributed by atoms with Crippen LogP contribution in [-0.2, 0) is 9.59 Å². The summed E-state index contributed by atoms with van der Waals surface area (Å²) in [6.45, 7) is 2.02. The first-order chi connectivity index (χ1) is 19.4. The van der Waals surface area contributed by atoms with Crippen molar-refractivity contribution in [3.8, 4) is 0 Å². The van der Waals surface area contributed by atoms with Gasteiger partial charge in [0.2, 0.25) is 5.91 Å². The number of benzene rings is 3. The van der Waals surface area contributed by atoms with Crippen LogP contribution < -0.4 is 16.0 Å². The molecule has 3 amide bonds. The molecule has 2 aromatic heterocycles. The number of rotatable bonds is 9. The van der Waals surface area contributed by atoms with Crippen LogP contribution in [0.1, 0.15) is 21.7 Å². The number of hydrogen-bond donors (Lipinski definition) is 3. The number of amides is 3. The van der Waals surface area contributed by atoms with E-state index in [4.69, 9.17) is 4.42 Å². The van der Waals surface area contributed by atoms with Crippen molar-refractivity contribution in [2.75, 3.05) is 16.4 Å². The summed E-state index contributed by atoms with van der Waals surface area (Å²) in [5, 5.41) is 8.89. The fourth-order valence-corrected chi connectivity index (χ4v) is 5.36. The summed E-state index contributed by atoms with van der Waals surface area (Å²) in [4.78, 5) is 43.5. The van der Waals surface area contributed by atoms with Gasteiger partial charge in [-0.25, -0.2) is 4.98 Å². The van der Waals surface area contributed by atoms with Crippen LogP contribution in [0.25, 0.3) is 16.3 Å². The number of aromatic nitrogens is 1. The van der Waals surface area contributed by atoms with Crippen LogP contribution in [0.5, 0.6) is 0 Å². The van der Waals surface area contributed by atoms with E-state index in [2.05, 4.69) is 20.9 Å². The lowest BCUT2D eigenvalue weighted by molar-refractivity contribution is -0.114. The Morgan fingerprint density at radius 1 is 0.950 bits per heavy atom. The molecule has 0 bridgehead atoms. The Labute approximate surface area is 238 Å². The van der Waals surface area contributed by atoms with Crippen molar-refractivity contribution in [2.24, 2.45) is 0 Å². The zero-order chi connectivity index (χ0) is 27.9. The highest BCUT2D eigenvalue weighted by molar-refractivity contribution is 8.00. The third kappa shape index (κ3) is 7.04. The molecule has 0 aliphatic heterocycles. The third-order valence-electron chi connectivity index (χ3n) is 5.63. The van der Waals surface area contributed by atoms with E-state index in [1.807, 2.05) is 37.3 Å². The van der Waals surface area contributed by atoms with E-state index < -0.39 is 11.8 Å². The lowest BCUT2D eigenvalue weighted by Crippen LogP contribution is -2.30. The molecule has 40 heavy (non-hydrogen) atoms. The van der Waals surface area contributed by atoms with Gasteiger partial charge in [0, 0.05) is 22.2 Å². The van der Waals surface area contributed by atoms with Gasteiger partial charge >= 0.3 is 0 Å². The average Bonchev–Trinajstić information content (AvgIpc) is 3.62. The SMILES string of the molecule is Cc1ccc2nc(NC(=O)CSc3ccc(NC(=O)/C(=C/c4ccco4)NC(=O)c4ccccc4)cc3)sc2c1. The Morgan fingerprint density at radius 3 is 2.50 bits per heavy atom. The van der Waals surface area contributed by atoms with Crippen LogP contribution >= 0.6 is 23.1 Å². The fourth-order valence-electron chi connectivity index (χ4n) is 3.68. The van der Waals surface area contributed by atoms with Gasteiger partial charge in [-0.1, -0.05) is 35.6 Å². The Bertz CT molecular complexity index is 1680. The van der Waals surface area contributed by atoms with Crippen LogP contribution in [0.3, 0.4) is 0 Å². The van der Waals surface area contributed by atoms with E-state index in [0.717, 1.165) is 20.7 Å². The highest BCUT2D eigenvalue weighted by Crippen LogP contribution is 2.27. The van der Waals surface area contributed by atoms with Crippen molar-refractivity contribution in [3.63, 3.8) is 0 Å². The van der Waals surface area contributed by atoms with Gasteiger partial charge in [0.15, 0.2) is 5.13 Å². The Hall–Kier alpha value is -4.67. The van der Waals surface area contributed by atoms with Gasteiger partial charge < -0.3 is 20.4 Å². The van der Waals surface area contributed by atoms with Gasteiger partial charge in [-0.05, 0) is 73.2 Å². The summed E-state index contributed by atoms with van der Waals surface area (Å²) < 4.78 is 6.35. The second-order valence-electron chi connectivity index (χ2n) is 8.70. The van der Waals surface area contributed by atoms with Crippen molar-refractivity contribution >= 4 is 67.9 Å². The number of thioether (sulfide) groups is 1. The molecule has 200 valence electrons. The minimum atomic E-state index is -0.508. The van der Waals surface area contributed by atoms with Gasteiger partial charge in [-0.2, -0.15) is 0 Å². The quantitative estimate of drug-likeness (QED) is 0.141. The van der Waals surface area contributed by atoms with Crippen molar-refractivity contribution in [2.45, 2.75) is 11.8 Å². The van der Waals surface area contributed by atoms with Crippen LogP contribution in [0.2, 0.25) is 0 Å². The number of fused-ring (bicyclic) bond motifs is 1. The second-order valence-corrected chi connectivity index (χ2v) is 10.8. The molecular weight excluding hydrogens is 544 g/mol. The largest absolute Gasteiger partial charge is 0.465 e. The maximum Gasteiger partial charge on any atom is 0.272 e. The maximum atomic E-state index is 13.1. The number of thiazole rings is 1. The van der Waals surface area contributed by atoms with E-state index in [1.165, 1.54) is 35.4 Å². The molecule has 0 atom stereocenters. The summed E-state index contributed by atoms with van der Waals surface area (Å²) in [7, 11) is 0. The first kappa shape index (κ1) is 26.9. The molecule has 0 aliphatic carbocycles. The topological polar surface area (TPSA) is 113 Å². The van der Waals surface area contributed by atoms with Crippen LogP contribution in [-0.4, -0.2) is 28.5 Å². The van der Waals surface area contributed by atoms with Gasteiger partial charge in [0.1, 0.15) is 11.5 Å². The van der Waals surface area contributed by atoms with Crippen molar-refractivity contribution in [1.82, 2.24) is 10.3 Å². The maximum absolute atomic E-state index is 13.1. The lowest BCUT2D eigenvalue weighted by Gasteiger charge is -2.11. The minimum absolute atomic E-state index is 0.0314. The van der Waals surface area contributed by atoms with Gasteiger partial charge in [-0.15, -0.1) is 11.8 Å². The van der Waals surface area contributed by atoms with Gasteiger partial charge in [0.05, 0.1) is 22.2 Å². The molecular formula is C30H24N4O4S2. The highest BCUT2D eigenvalue weighted by atomic mass is 32.2. The van der Waals surface area contributed by atoms with E-state index in [9.17, 15) is 14.4 Å². The number of carbonyl (C=O) groups excluding carboxylic acids is 3. The Kier molecular flexibility index (Phi) is 8.38. The fraction of sp³-hybridized carbons (Fsp3) is 0.0667. The molecule has 0 saturated carbocycles. The van der Waals surface area contributed by atoms with Gasteiger partial charge in [0.25, 0.3) is 11.8 Å². The van der Waals surface area contributed by atoms with Crippen LogP contribution in [0.15, 0.2) is 106 Å². The second kappa shape index (κ2) is 12.5. The monoisotopic (exact) mass is 568 g/mol. The Balaban J connectivity index is 1.18. The number of carbonyl (C=O) groups is 3. The molecule has 8 nitrogen and oxygen atoms in total. The summed E-state index contributed by atoms with van der Waals surface area (Å²) in [6, 6.07) is 25.1. The highest BCUT2D eigenvalue weighted by Gasteiger charge is 2.16. The number of nitrogens with zero attached hydrogens (tertiary/aromatic N) is 1. The summed E-state index contributed by atoms with van der Waals surface area (Å²) in [5.74, 6) is -0.446. The summed E-state index contributed by atoms with van der Waals surface area (Å²) in [5.41, 5.74) is 2.99. The molecule has 0 saturated heterocycles. The van der Waals surface area contributed by atoms with E-state index in [1.54, 1.807) is 54.6 Å². The lowest BCUT2D eigenvalue weighted by atomic mass is 10.2. The summed E-state index contributed by atoms with van der Waals surface area (Å²) >= 11 is 2.82. The molecule has 5 rings (SSSR count). The molecule has 0 aliphatic rings. The van der Waals surface area contributed by atoms with Crippen molar-refractivity contribution in [3.05, 3.63) is 114 Å². The molecule has 0 radical (unpaired) electrons. The number of furan rings is 1. The van der Waals surface area contributed by atoms with E-state index in [-0.39, 0.29) is 17.4 Å². The van der Waals surface area contributed by atoms with Crippen molar-refractivity contribution in [1.29, 1.82) is 0 Å². The molecule has 10 heteroatoms. The first-order valence-electron chi connectivity index (χ1n) is 12.3. The number of aryl methyl sites for hydroxylation is 1. The zero-order valence-electron chi connectivity index (χ0n) is 21.3. The average molecular weight is 569 g/mol. The first-order valence-corrected chi connectivity index (χ1v) is 14.1. The smallest absolute Gasteiger partial charge is 0.272 e. The zero-order valence-corrected chi connectivity index (χ0v) is 23.0. The summed E-state index contributed by atoms with van der Waals surface area (Å²) in [6.07, 6.45) is 2.95. The van der Waals surface area contributed by atoms with Crippen LogP contribution in [0.4, 0.5) is 10.8 Å². The van der Waals surface area contributed by atoms with E-state index in [0.29, 0.717) is 22.1 Å². The molecule has 0 unspecified atom stereocenters. The predicted octanol–water partition coefficient (Wildman–Crippen LogP) is 6.34. The normalized spacial score (nSPS) is 11.3. The molecule has 0 spiro atoms. The molecule has 3 aromatic carbocycles. The molecule has 3 N–H and O–H groups in total. The third-order valence-corrected chi connectivity index (χ3v) is 7.58. The standard InChI is InChI=1S/C30H24N4O4S2/c1-19-9-14-24-26(16-19)40-30(33-24)34-27(35)18-39-23-12-10-21(11-13-23)31-29(37)25(17-22-8-5-15-38-22)32-28(36)20-6-3-2-4-7-20/h2-17H,18H2,1H3,(H,31,37)(H,32,36)(H,33,34,35)/b25-17-. The number of nitrogens with one attached hydrogen (secondary N) is 3. The number of anilines is 2. The molecule has 0 fully saturated rings. The molecule has 2 heterocycles.